The van der Waals surface area contributed by atoms with Gasteiger partial charge in [0.15, 0.2) is 0 Å². The molecule has 2 rings (SSSR count). The lowest BCUT2D eigenvalue weighted by molar-refractivity contribution is -0.122. The van der Waals surface area contributed by atoms with Crippen LogP contribution < -0.4 is 0 Å². The second-order valence-corrected chi connectivity index (χ2v) is 7.79. The third-order valence-corrected chi connectivity index (χ3v) is 5.00. The van der Waals surface area contributed by atoms with Crippen molar-refractivity contribution in [1.29, 1.82) is 0 Å². The van der Waals surface area contributed by atoms with E-state index in [-0.39, 0.29) is 13.1 Å². The summed E-state index contributed by atoms with van der Waals surface area (Å²) in [7, 11) is 2.14. The largest absolute Gasteiger partial charge is 0.483 e. The average molecular weight is 425 g/mol. The molecule has 0 saturated carbocycles. The first-order valence-corrected chi connectivity index (χ1v) is 11.5. The number of nitrogens with zero attached hydrogens (tertiary/aromatic N) is 2. The van der Waals surface area contributed by atoms with E-state index in [0.717, 1.165) is 12.2 Å². The van der Waals surface area contributed by atoms with Crippen molar-refractivity contribution in [3.63, 3.8) is 0 Å². The fourth-order valence-corrected chi connectivity index (χ4v) is 3.27. The monoisotopic (exact) mass is 424 g/mol. The number of aliphatic hydroxyl groups excluding tert-OH is 1. The van der Waals surface area contributed by atoms with E-state index >= 15 is 0 Å². The van der Waals surface area contributed by atoms with Gasteiger partial charge in [0.2, 0.25) is 0 Å². The highest BCUT2D eigenvalue weighted by molar-refractivity contribution is 5.32. The molecule has 0 unspecified atom stereocenters. The Morgan fingerprint density at radius 2 is 1.50 bits per heavy atom. The molecule has 0 saturated heterocycles. The van der Waals surface area contributed by atoms with Crippen LogP contribution >= 0.6 is 0 Å². The number of hydrogen-bond donors (Lipinski definition) is 2. The van der Waals surface area contributed by atoms with E-state index in [9.17, 15) is 0 Å². The Hall–Kier alpha value is -1.95. The fraction of sp³-hybridized carbons (Fsp3) is 0.708. The lowest BCUT2D eigenvalue weighted by Gasteiger charge is -2.17. The normalized spacial score (nSPS) is 12.2. The van der Waals surface area contributed by atoms with Crippen molar-refractivity contribution < 1.29 is 19.4 Å². The van der Waals surface area contributed by atoms with Gasteiger partial charge >= 0.3 is 0 Å². The fourth-order valence-electron chi connectivity index (χ4n) is 3.27. The Kier molecular flexibility index (Phi) is 20.3. The molecule has 0 spiro atoms. The molecular formula is C24H44N2O4. The van der Waals surface area contributed by atoms with Crippen LogP contribution in [0.2, 0.25) is 0 Å². The highest BCUT2D eigenvalue weighted by Crippen LogP contribution is 2.12. The van der Waals surface area contributed by atoms with Crippen LogP contribution in [0.3, 0.4) is 0 Å². The molecule has 6 heteroatoms. The molecule has 6 nitrogen and oxygen atoms in total. The van der Waals surface area contributed by atoms with Gasteiger partial charge in [-0.1, -0.05) is 77.6 Å². The van der Waals surface area contributed by atoms with Crippen LogP contribution in [0, 0.1) is 0 Å². The predicted molar refractivity (Wildman–Crippen MR) is 123 cm³/mol. The zero-order chi connectivity index (χ0) is 22.3. The number of furan rings is 1. The quantitative estimate of drug-likeness (QED) is 0.289. The van der Waals surface area contributed by atoms with Crippen molar-refractivity contribution in [1.82, 2.24) is 9.80 Å². The first kappa shape index (κ1) is 28.1. The van der Waals surface area contributed by atoms with E-state index in [1.54, 1.807) is 6.07 Å². The van der Waals surface area contributed by atoms with Crippen molar-refractivity contribution in [2.45, 2.75) is 90.6 Å². The first-order chi connectivity index (χ1) is 14.7. The Labute approximate surface area is 183 Å². The summed E-state index contributed by atoms with van der Waals surface area (Å²) in [5, 5.41) is 15.3. The zero-order valence-electron chi connectivity index (χ0n) is 19.2. The SMILES string of the molecule is CCCCCCCCCCCCCCN1C=CN(C)C1.O=CO.OCc1ccoc1. The molecule has 2 N–H and O–H groups in total. The van der Waals surface area contributed by atoms with E-state index in [2.05, 4.69) is 40.6 Å². The number of hydrogen-bond acceptors (Lipinski definition) is 5. The van der Waals surface area contributed by atoms with Crippen LogP contribution in [0.5, 0.6) is 0 Å². The van der Waals surface area contributed by atoms with Gasteiger partial charge in [-0.15, -0.1) is 0 Å². The van der Waals surface area contributed by atoms with Gasteiger partial charge < -0.3 is 24.4 Å². The molecule has 1 aromatic rings. The zero-order valence-corrected chi connectivity index (χ0v) is 19.2. The molecule has 0 fully saturated rings. The minimum Gasteiger partial charge on any atom is -0.483 e. The van der Waals surface area contributed by atoms with Gasteiger partial charge in [0, 0.05) is 31.6 Å². The number of unbranched alkanes of at least 4 members (excludes halogenated alkanes) is 11. The van der Waals surface area contributed by atoms with E-state index in [4.69, 9.17) is 15.0 Å². The molecule has 0 radical (unpaired) electrons. The van der Waals surface area contributed by atoms with Crippen LogP contribution in [0.15, 0.2) is 35.4 Å². The molecule has 174 valence electrons. The first-order valence-electron chi connectivity index (χ1n) is 11.5. The molecule has 0 amide bonds. The molecule has 0 aromatic carbocycles. The minimum atomic E-state index is -0.250. The molecule has 0 aliphatic carbocycles. The maximum atomic E-state index is 8.37. The molecule has 30 heavy (non-hydrogen) atoms. The summed E-state index contributed by atoms with van der Waals surface area (Å²) in [4.78, 5) is 13.0. The van der Waals surface area contributed by atoms with Crippen LogP contribution in [0.25, 0.3) is 0 Å². The predicted octanol–water partition coefficient (Wildman–Crippen LogP) is 5.84. The van der Waals surface area contributed by atoms with Crippen molar-refractivity contribution in [2.24, 2.45) is 0 Å². The highest BCUT2D eigenvalue weighted by Gasteiger charge is 2.06. The molecular weight excluding hydrogens is 380 g/mol. The number of carboxylic acid groups (broad SMARTS) is 1. The molecule has 2 heterocycles. The topological polar surface area (TPSA) is 77.2 Å². The van der Waals surface area contributed by atoms with Crippen molar-refractivity contribution in [2.75, 3.05) is 20.3 Å². The second-order valence-electron chi connectivity index (χ2n) is 7.79. The molecule has 0 bridgehead atoms. The van der Waals surface area contributed by atoms with Gasteiger partial charge in [0.05, 0.1) is 25.8 Å². The minimum absolute atomic E-state index is 0.0660. The summed E-state index contributed by atoms with van der Waals surface area (Å²) >= 11 is 0. The number of rotatable bonds is 14. The molecule has 1 aliphatic rings. The van der Waals surface area contributed by atoms with Crippen LogP contribution in [0.1, 0.15) is 89.5 Å². The Bertz CT molecular complexity index is 491. The standard InChI is InChI=1S/C18H36N2.C5H6O2.CH2O2/c1-3-4-5-6-7-8-9-10-11-12-13-14-15-20-17-16-19(2)18-20;6-3-5-1-2-7-4-5;2-1-3/h16-17H,3-15,18H2,1-2H3;1-2,4,6H,3H2;1H,(H,2,3). The van der Waals surface area contributed by atoms with E-state index in [1.807, 2.05) is 0 Å². The summed E-state index contributed by atoms with van der Waals surface area (Å²) in [5.41, 5.74) is 0.819. The number of aliphatic hydroxyl groups is 1. The average Bonchev–Trinajstić information content (AvgIpc) is 3.41. The summed E-state index contributed by atoms with van der Waals surface area (Å²) in [6.45, 7) is 4.42. The van der Waals surface area contributed by atoms with Gasteiger partial charge in [-0.05, 0) is 12.5 Å². The van der Waals surface area contributed by atoms with E-state index in [0.29, 0.717) is 0 Å². The lowest BCUT2D eigenvalue weighted by atomic mass is 10.1. The summed E-state index contributed by atoms with van der Waals surface area (Å²) in [5.74, 6) is 0. The van der Waals surface area contributed by atoms with E-state index in [1.165, 1.54) is 96.1 Å². The Morgan fingerprint density at radius 3 is 1.87 bits per heavy atom. The van der Waals surface area contributed by atoms with Gasteiger partial charge in [0.1, 0.15) is 0 Å². The summed E-state index contributed by atoms with van der Waals surface area (Å²) in [6, 6.07) is 1.72. The Morgan fingerprint density at radius 1 is 0.967 bits per heavy atom. The molecule has 1 aromatic heterocycles. The van der Waals surface area contributed by atoms with E-state index < -0.39 is 0 Å². The Balaban J connectivity index is 0.000000690. The van der Waals surface area contributed by atoms with Crippen molar-refractivity contribution >= 4 is 6.47 Å². The maximum absolute atomic E-state index is 8.37. The highest BCUT2D eigenvalue weighted by atomic mass is 16.3. The van der Waals surface area contributed by atoms with Crippen LogP contribution in [0.4, 0.5) is 0 Å². The second kappa shape index (κ2) is 21.8. The number of carbonyl (C=O) groups is 1. The van der Waals surface area contributed by atoms with Crippen molar-refractivity contribution in [3.8, 4) is 0 Å². The lowest BCUT2D eigenvalue weighted by Crippen LogP contribution is -2.23. The molecule has 0 atom stereocenters. The molecule has 1 aliphatic heterocycles. The van der Waals surface area contributed by atoms with Gasteiger partial charge in [-0.2, -0.15) is 0 Å². The maximum Gasteiger partial charge on any atom is 0.290 e. The summed E-state index contributed by atoms with van der Waals surface area (Å²) < 4.78 is 4.65. The third kappa shape index (κ3) is 18.1. The van der Waals surface area contributed by atoms with Gasteiger partial charge in [-0.25, -0.2) is 0 Å². The summed E-state index contributed by atoms with van der Waals surface area (Å²) in [6.07, 6.45) is 24.7. The van der Waals surface area contributed by atoms with Gasteiger partial charge in [-0.3, -0.25) is 4.79 Å². The van der Waals surface area contributed by atoms with Crippen LogP contribution in [-0.2, 0) is 11.4 Å². The van der Waals surface area contributed by atoms with Crippen LogP contribution in [-0.4, -0.2) is 46.7 Å². The van der Waals surface area contributed by atoms with Gasteiger partial charge in [0.25, 0.3) is 6.47 Å². The third-order valence-electron chi connectivity index (χ3n) is 5.00. The smallest absolute Gasteiger partial charge is 0.290 e. The van der Waals surface area contributed by atoms with Crippen molar-refractivity contribution in [3.05, 3.63) is 36.6 Å².